The SMILES string of the molecule is CCNCCCc1nnc(-c2ccccn2)s1. The molecular weight excluding hydrogens is 232 g/mol. The van der Waals surface area contributed by atoms with Crippen LogP contribution in [0.15, 0.2) is 24.4 Å². The van der Waals surface area contributed by atoms with Crippen molar-refractivity contribution in [2.45, 2.75) is 19.8 Å². The molecule has 0 spiro atoms. The smallest absolute Gasteiger partial charge is 0.166 e. The molecule has 90 valence electrons. The molecule has 4 nitrogen and oxygen atoms in total. The van der Waals surface area contributed by atoms with E-state index in [9.17, 15) is 0 Å². The topological polar surface area (TPSA) is 50.7 Å². The molecule has 0 aromatic carbocycles. The number of rotatable bonds is 6. The van der Waals surface area contributed by atoms with E-state index < -0.39 is 0 Å². The van der Waals surface area contributed by atoms with Gasteiger partial charge in [0.2, 0.25) is 0 Å². The Labute approximate surface area is 105 Å². The fourth-order valence-corrected chi connectivity index (χ4v) is 2.35. The highest BCUT2D eigenvalue weighted by molar-refractivity contribution is 7.14. The molecule has 17 heavy (non-hydrogen) atoms. The van der Waals surface area contributed by atoms with Crippen molar-refractivity contribution < 1.29 is 0 Å². The zero-order valence-electron chi connectivity index (χ0n) is 9.89. The quantitative estimate of drug-likeness (QED) is 0.796. The summed E-state index contributed by atoms with van der Waals surface area (Å²) in [5, 5.41) is 13.7. The lowest BCUT2D eigenvalue weighted by atomic mass is 10.3. The molecular formula is C12H16N4S. The number of nitrogens with zero attached hydrogens (tertiary/aromatic N) is 3. The third kappa shape index (κ3) is 3.57. The number of hydrogen-bond acceptors (Lipinski definition) is 5. The van der Waals surface area contributed by atoms with Crippen molar-refractivity contribution in [2.75, 3.05) is 13.1 Å². The van der Waals surface area contributed by atoms with Gasteiger partial charge in [-0.1, -0.05) is 24.3 Å². The van der Waals surface area contributed by atoms with Crippen LogP contribution in [0, 0.1) is 0 Å². The summed E-state index contributed by atoms with van der Waals surface area (Å²) in [5.74, 6) is 0. The second-order valence-corrected chi connectivity index (χ2v) is 4.74. The van der Waals surface area contributed by atoms with E-state index in [2.05, 4.69) is 27.4 Å². The lowest BCUT2D eigenvalue weighted by Gasteiger charge is -1.97. The predicted octanol–water partition coefficient (Wildman–Crippen LogP) is 2.14. The maximum atomic E-state index is 4.27. The monoisotopic (exact) mass is 248 g/mol. The highest BCUT2D eigenvalue weighted by Gasteiger charge is 2.06. The van der Waals surface area contributed by atoms with Crippen molar-refractivity contribution in [2.24, 2.45) is 0 Å². The number of aromatic nitrogens is 3. The van der Waals surface area contributed by atoms with E-state index in [0.717, 1.165) is 41.6 Å². The van der Waals surface area contributed by atoms with E-state index >= 15 is 0 Å². The van der Waals surface area contributed by atoms with Gasteiger partial charge in [0.25, 0.3) is 0 Å². The van der Waals surface area contributed by atoms with Crippen LogP contribution < -0.4 is 5.32 Å². The maximum Gasteiger partial charge on any atom is 0.166 e. The second kappa shape index (κ2) is 6.42. The lowest BCUT2D eigenvalue weighted by Crippen LogP contribution is -2.14. The van der Waals surface area contributed by atoms with E-state index in [4.69, 9.17) is 0 Å². The molecule has 2 heterocycles. The van der Waals surface area contributed by atoms with Gasteiger partial charge in [0.1, 0.15) is 10.7 Å². The highest BCUT2D eigenvalue weighted by Crippen LogP contribution is 2.21. The Morgan fingerprint density at radius 2 is 2.24 bits per heavy atom. The van der Waals surface area contributed by atoms with Gasteiger partial charge in [-0.25, -0.2) is 0 Å². The van der Waals surface area contributed by atoms with Crippen molar-refractivity contribution >= 4 is 11.3 Å². The van der Waals surface area contributed by atoms with E-state index in [1.807, 2.05) is 18.2 Å². The zero-order chi connectivity index (χ0) is 11.9. The average Bonchev–Trinajstić information content (AvgIpc) is 2.85. The Kier molecular flexibility index (Phi) is 4.58. The first-order valence-electron chi connectivity index (χ1n) is 5.84. The van der Waals surface area contributed by atoms with Crippen molar-refractivity contribution in [1.82, 2.24) is 20.5 Å². The summed E-state index contributed by atoms with van der Waals surface area (Å²) in [4.78, 5) is 4.27. The first kappa shape index (κ1) is 12.1. The van der Waals surface area contributed by atoms with Crippen molar-refractivity contribution in [3.05, 3.63) is 29.4 Å². The molecule has 0 unspecified atom stereocenters. The first-order valence-corrected chi connectivity index (χ1v) is 6.66. The summed E-state index contributed by atoms with van der Waals surface area (Å²) < 4.78 is 0. The maximum absolute atomic E-state index is 4.27. The van der Waals surface area contributed by atoms with E-state index in [1.54, 1.807) is 17.5 Å². The standard InChI is InChI=1S/C12H16N4S/c1-2-13-8-5-7-11-15-16-12(17-11)10-6-3-4-9-14-10/h3-4,6,9,13H,2,5,7-8H2,1H3. The summed E-state index contributed by atoms with van der Waals surface area (Å²) >= 11 is 1.63. The molecule has 0 amide bonds. The molecule has 0 saturated carbocycles. The first-order chi connectivity index (χ1) is 8.40. The lowest BCUT2D eigenvalue weighted by molar-refractivity contribution is 0.669. The van der Waals surface area contributed by atoms with Crippen LogP contribution >= 0.6 is 11.3 Å². The van der Waals surface area contributed by atoms with Crippen LogP contribution in [0.3, 0.4) is 0 Å². The third-order valence-corrected chi connectivity index (χ3v) is 3.35. The summed E-state index contributed by atoms with van der Waals surface area (Å²) in [5.41, 5.74) is 0.905. The second-order valence-electron chi connectivity index (χ2n) is 3.67. The molecule has 1 N–H and O–H groups in total. The van der Waals surface area contributed by atoms with Gasteiger partial charge in [-0.3, -0.25) is 4.98 Å². The summed E-state index contributed by atoms with van der Waals surface area (Å²) in [6, 6.07) is 5.83. The van der Waals surface area contributed by atoms with Gasteiger partial charge in [-0.15, -0.1) is 10.2 Å². The van der Waals surface area contributed by atoms with Gasteiger partial charge in [0, 0.05) is 12.6 Å². The molecule has 0 atom stereocenters. The Hall–Kier alpha value is -1.33. The van der Waals surface area contributed by atoms with Crippen LogP contribution in [0.25, 0.3) is 10.7 Å². The normalized spacial score (nSPS) is 10.6. The summed E-state index contributed by atoms with van der Waals surface area (Å²) in [7, 11) is 0. The molecule has 2 aromatic heterocycles. The van der Waals surface area contributed by atoms with Crippen LogP contribution in [0.2, 0.25) is 0 Å². The average molecular weight is 248 g/mol. The fourth-order valence-electron chi connectivity index (χ4n) is 1.49. The number of aryl methyl sites for hydroxylation is 1. The molecule has 2 aromatic rings. The largest absolute Gasteiger partial charge is 0.317 e. The van der Waals surface area contributed by atoms with Gasteiger partial charge in [0.05, 0.1) is 0 Å². The Balaban J connectivity index is 1.92. The minimum atomic E-state index is 0.905. The number of nitrogens with one attached hydrogen (secondary N) is 1. The Morgan fingerprint density at radius 3 is 3.00 bits per heavy atom. The van der Waals surface area contributed by atoms with Gasteiger partial charge < -0.3 is 5.32 Å². The fraction of sp³-hybridized carbons (Fsp3) is 0.417. The number of pyridine rings is 1. The van der Waals surface area contributed by atoms with Crippen LogP contribution in [0.1, 0.15) is 18.4 Å². The Morgan fingerprint density at radius 1 is 1.29 bits per heavy atom. The minimum Gasteiger partial charge on any atom is -0.317 e. The zero-order valence-corrected chi connectivity index (χ0v) is 10.7. The minimum absolute atomic E-state index is 0.905. The molecule has 0 aliphatic heterocycles. The number of hydrogen-bond donors (Lipinski definition) is 1. The van der Waals surface area contributed by atoms with E-state index in [0.29, 0.717) is 0 Å². The molecule has 0 fully saturated rings. The van der Waals surface area contributed by atoms with Crippen molar-refractivity contribution in [3.8, 4) is 10.7 Å². The van der Waals surface area contributed by atoms with Gasteiger partial charge in [-0.2, -0.15) is 0 Å². The van der Waals surface area contributed by atoms with E-state index in [-0.39, 0.29) is 0 Å². The van der Waals surface area contributed by atoms with Gasteiger partial charge >= 0.3 is 0 Å². The molecule has 0 aliphatic rings. The third-order valence-electron chi connectivity index (χ3n) is 2.35. The summed E-state index contributed by atoms with van der Waals surface area (Å²) in [6.07, 6.45) is 3.86. The molecule has 0 saturated heterocycles. The van der Waals surface area contributed by atoms with Crippen LogP contribution in [-0.2, 0) is 6.42 Å². The van der Waals surface area contributed by atoms with Crippen LogP contribution in [0.4, 0.5) is 0 Å². The molecule has 2 rings (SSSR count). The predicted molar refractivity (Wildman–Crippen MR) is 70.0 cm³/mol. The summed E-state index contributed by atoms with van der Waals surface area (Å²) in [6.45, 7) is 4.18. The van der Waals surface area contributed by atoms with Crippen molar-refractivity contribution in [1.29, 1.82) is 0 Å². The molecule has 5 heteroatoms. The van der Waals surface area contributed by atoms with Crippen LogP contribution in [-0.4, -0.2) is 28.3 Å². The highest BCUT2D eigenvalue weighted by atomic mass is 32.1. The van der Waals surface area contributed by atoms with Crippen LogP contribution in [0.5, 0.6) is 0 Å². The Bertz CT molecular complexity index is 441. The molecule has 0 aliphatic carbocycles. The molecule has 0 radical (unpaired) electrons. The van der Waals surface area contributed by atoms with Crippen molar-refractivity contribution in [3.63, 3.8) is 0 Å². The van der Waals surface area contributed by atoms with Gasteiger partial charge in [0.15, 0.2) is 5.01 Å². The van der Waals surface area contributed by atoms with E-state index in [1.165, 1.54) is 0 Å². The molecule has 0 bridgehead atoms. The van der Waals surface area contributed by atoms with Gasteiger partial charge in [-0.05, 0) is 31.6 Å².